The van der Waals surface area contributed by atoms with Gasteiger partial charge in [-0.2, -0.15) is 0 Å². The van der Waals surface area contributed by atoms with Gasteiger partial charge in [-0.05, 0) is 6.92 Å². The van der Waals surface area contributed by atoms with Crippen molar-refractivity contribution in [2.75, 3.05) is 33.8 Å². The second-order valence-corrected chi connectivity index (χ2v) is 5.76. The summed E-state index contributed by atoms with van der Waals surface area (Å²) in [5.41, 5.74) is 0.653. The van der Waals surface area contributed by atoms with Crippen LogP contribution in [0.3, 0.4) is 0 Å². The first-order chi connectivity index (χ1) is 8.94. The van der Waals surface area contributed by atoms with E-state index < -0.39 is 5.60 Å². The molecule has 6 nitrogen and oxygen atoms in total. The van der Waals surface area contributed by atoms with Crippen molar-refractivity contribution in [3.05, 3.63) is 16.6 Å². The molecule has 2 amide bonds. The summed E-state index contributed by atoms with van der Waals surface area (Å²) < 4.78 is 5.59. The fraction of sp³-hybridized carbons (Fsp3) is 0.583. The number of carbonyl (C=O) groups excluding carboxylic acids is 2. The van der Waals surface area contributed by atoms with E-state index in [1.54, 1.807) is 37.6 Å². The van der Waals surface area contributed by atoms with Crippen molar-refractivity contribution in [3.8, 4) is 0 Å². The van der Waals surface area contributed by atoms with Crippen molar-refractivity contribution >= 4 is 23.2 Å². The number of thiazole rings is 1. The molecule has 1 aromatic rings. The highest BCUT2D eigenvalue weighted by Gasteiger charge is 2.41. The summed E-state index contributed by atoms with van der Waals surface area (Å²) in [4.78, 5) is 32.0. The molecule has 1 atom stereocenters. The Kier molecular flexibility index (Phi) is 3.86. The average molecular weight is 283 g/mol. The van der Waals surface area contributed by atoms with Crippen LogP contribution >= 0.6 is 11.3 Å². The molecule has 0 bridgehead atoms. The van der Waals surface area contributed by atoms with Crippen LogP contribution < -0.4 is 0 Å². The Bertz CT molecular complexity index is 475. The van der Waals surface area contributed by atoms with Gasteiger partial charge >= 0.3 is 0 Å². The Labute approximate surface area is 116 Å². The number of morpholine rings is 1. The molecule has 1 fully saturated rings. The van der Waals surface area contributed by atoms with Crippen LogP contribution in [0.5, 0.6) is 0 Å². The molecule has 0 N–H and O–H groups in total. The van der Waals surface area contributed by atoms with Gasteiger partial charge in [0, 0.05) is 20.6 Å². The third-order valence-corrected chi connectivity index (χ3v) is 3.82. The zero-order valence-electron chi connectivity index (χ0n) is 11.3. The molecule has 1 aliphatic heterocycles. The van der Waals surface area contributed by atoms with Gasteiger partial charge in [-0.3, -0.25) is 14.6 Å². The van der Waals surface area contributed by atoms with Gasteiger partial charge in [0.05, 0.1) is 24.9 Å². The molecule has 1 aliphatic rings. The minimum Gasteiger partial charge on any atom is -0.362 e. The largest absolute Gasteiger partial charge is 0.362 e. The highest BCUT2D eigenvalue weighted by Crippen LogP contribution is 2.22. The number of aromatic nitrogens is 1. The molecule has 2 heterocycles. The number of rotatable bonds is 2. The second-order valence-electron chi connectivity index (χ2n) is 4.87. The molecule has 0 aliphatic carbocycles. The van der Waals surface area contributed by atoms with Crippen LogP contribution in [0, 0.1) is 0 Å². The van der Waals surface area contributed by atoms with Crippen LogP contribution in [0.25, 0.3) is 0 Å². The SMILES string of the molecule is CN(C)C(=O)[C@]1(C)CN(C(=O)c2cncs2)CCO1. The van der Waals surface area contributed by atoms with Crippen LogP contribution in [0.1, 0.15) is 16.6 Å². The van der Waals surface area contributed by atoms with Crippen LogP contribution in [-0.2, 0) is 9.53 Å². The monoisotopic (exact) mass is 283 g/mol. The molecule has 0 aromatic carbocycles. The van der Waals surface area contributed by atoms with E-state index in [0.717, 1.165) is 0 Å². The van der Waals surface area contributed by atoms with Crippen molar-refractivity contribution in [3.63, 3.8) is 0 Å². The van der Waals surface area contributed by atoms with Crippen molar-refractivity contribution in [2.24, 2.45) is 0 Å². The van der Waals surface area contributed by atoms with E-state index in [-0.39, 0.29) is 18.4 Å². The number of amides is 2. The topological polar surface area (TPSA) is 62.7 Å². The summed E-state index contributed by atoms with van der Waals surface area (Å²) in [6.07, 6.45) is 1.55. The lowest BCUT2D eigenvalue weighted by Crippen LogP contribution is -2.58. The summed E-state index contributed by atoms with van der Waals surface area (Å²) in [7, 11) is 3.36. The summed E-state index contributed by atoms with van der Waals surface area (Å²) >= 11 is 1.30. The second kappa shape index (κ2) is 5.26. The number of carbonyl (C=O) groups is 2. The molecule has 0 radical (unpaired) electrons. The first kappa shape index (κ1) is 14.0. The maximum absolute atomic E-state index is 12.3. The normalized spacial score (nSPS) is 23.2. The van der Waals surface area contributed by atoms with E-state index in [2.05, 4.69) is 4.98 Å². The lowest BCUT2D eigenvalue weighted by Gasteiger charge is -2.40. The molecule has 2 rings (SSSR count). The number of hydrogen-bond acceptors (Lipinski definition) is 5. The van der Waals surface area contributed by atoms with Gasteiger partial charge in [0.2, 0.25) is 0 Å². The van der Waals surface area contributed by atoms with Crippen LogP contribution in [0.4, 0.5) is 0 Å². The fourth-order valence-corrected chi connectivity index (χ4v) is 2.71. The Hall–Kier alpha value is -1.47. The zero-order valence-corrected chi connectivity index (χ0v) is 12.1. The molecule has 0 spiro atoms. The van der Waals surface area contributed by atoms with E-state index in [9.17, 15) is 9.59 Å². The molecule has 0 unspecified atom stereocenters. The number of ether oxygens (including phenoxy) is 1. The van der Waals surface area contributed by atoms with Gasteiger partial charge in [0.15, 0.2) is 5.60 Å². The number of nitrogens with zero attached hydrogens (tertiary/aromatic N) is 3. The molecular formula is C12H17N3O3S. The van der Waals surface area contributed by atoms with Crippen molar-refractivity contribution in [1.82, 2.24) is 14.8 Å². The average Bonchev–Trinajstić information content (AvgIpc) is 2.90. The molecular weight excluding hydrogens is 266 g/mol. The highest BCUT2D eigenvalue weighted by molar-refractivity contribution is 7.11. The van der Waals surface area contributed by atoms with Gasteiger partial charge in [0.1, 0.15) is 4.88 Å². The van der Waals surface area contributed by atoms with Gasteiger partial charge in [-0.25, -0.2) is 0 Å². The third kappa shape index (κ3) is 2.76. The Balaban J connectivity index is 2.13. The summed E-state index contributed by atoms with van der Waals surface area (Å²) in [5.74, 6) is -0.224. The van der Waals surface area contributed by atoms with Crippen molar-refractivity contribution in [2.45, 2.75) is 12.5 Å². The highest BCUT2D eigenvalue weighted by atomic mass is 32.1. The van der Waals surface area contributed by atoms with Crippen LogP contribution in [0.2, 0.25) is 0 Å². The maximum Gasteiger partial charge on any atom is 0.265 e. The molecule has 0 saturated carbocycles. The lowest BCUT2D eigenvalue weighted by atomic mass is 10.0. The first-order valence-corrected chi connectivity index (χ1v) is 6.85. The third-order valence-electron chi connectivity index (χ3n) is 3.06. The predicted molar refractivity (Wildman–Crippen MR) is 71.1 cm³/mol. The van der Waals surface area contributed by atoms with Gasteiger partial charge < -0.3 is 14.5 Å². The maximum atomic E-state index is 12.3. The fourth-order valence-electron chi connectivity index (χ4n) is 2.12. The summed E-state index contributed by atoms with van der Waals surface area (Å²) in [5, 5.41) is 0. The number of hydrogen-bond donors (Lipinski definition) is 0. The van der Waals surface area contributed by atoms with E-state index in [4.69, 9.17) is 4.74 Å². The minimum absolute atomic E-state index is 0.0939. The van der Waals surface area contributed by atoms with Crippen molar-refractivity contribution in [1.29, 1.82) is 0 Å². The molecule has 1 aromatic heterocycles. The first-order valence-electron chi connectivity index (χ1n) is 5.97. The standard InChI is InChI=1S/C12H17N3O3S/c1-12(11(17)14(2)3)7-15(4-5-18-12)10(16)9-6-13-8-19-9/h6,8H,4-5,7H2,1-3H3/t12-/m0/s1. The van der Waals surface area contributed by atoms with E-state index in [1.807, 2.05) is 0 Å². The van der Waals surface area contributed by atoms with E-state index >= 15 is 0 Å². The van der Waals surface area contributed by atoms with Gasteiger partial charge in [-0.15, -0.1) is 11.3 Å². The lowest BCUT2D eigenvalue weighted by molar-refractivity contribution is -0.162. The Morgan fingerprint density at radius 2 is 2.26 bits per heavy atom. The predicted octanol–water partition coefficient (Wildman–Crippen LogP) is 0.462. The quantitative estimate of drug-likeness (QED) is 0.791. The van der Waals surface area contributed by atoms with Gasteiger partial charge in [0.25, 0.3) is 11.8 Å². The smallest absolute Gasteiger partial charge is 0.265 e. The molecule has 104 valence electrons. The zero-order chi connectivity index (χ0) is 14.0. The number of likely N-dealkylation sites (N-methyl/N-ethyl adjacent to an activating group) is 1. The molecule has 1 saturated heterocycles. The minimum atomic E-state index is -0.970. The molecule has 19 heavy (non-hydrogen) atoms. The van der Waals surface area contributed by atoms with Crippen LogP contribution in [0.15, 0.2) is 11.7 Å². The Morgan fingerprint density at radius 1 is 1.53 bits per heavy atom. The summed E-state index contributed by atoms with van der Waals surface area (Å²) in [6.45, 7) is 2.84. The van der Waals surface area contributed by atoms with Gasteiger partial charge in [-0.1, -0.05) is 0 Å². The van der Waals surface area contributed by atoms with Crippen molar-refractivity contribution < 1.29 is 14.3 Å². The molecule has 7 heteroatoms. The van der Waals surface area contributed by atoms with Crippen LogP contribution in [-0.4, -0.2) is 66.0 Å². The Morgan fingerprint density at radius 3 is 2.84 bits per heavy atom. The summed E-state index contributed by atoms with van der Waals surface area (Å²) in [6, 6.07) is 0. The van der Waals surface area contributed by atoms with E-state index in [1.165, 1.54) is 16.2 Å². The van der Waals surface area contributed by atoms with E-state index in [0.29, 0.717) is 18.0 Å².